The van der Waals surface area contributed by atoms with Crippen molar-refractivity contribution in [3.05, 3.63) is 59.5 Å². The molecule has 3 heterocycles. The van der Waals surface area contributed by atoms with Gasteiger partial charge in [-0.25, -0.2) is 28.4 Å². The summed E-state index contributed by atoms with van der Waals surface area (Å²) in [5.74, 6) is -0.156. The number of alkyl halides is 3. The third-order valence-corrected chi connectivity index (χ3v) is 7.66. The first-order valence-corrected chi connectivity index (χ1v) is 15.5. The van der Waals surface area contributed by atoms with Crippen molar-refractivity contribution >= 4 is 55.8 Å². The summed E-state index contributed by atoms with van der Waals surface area (Å²) in [5.41, 5.74) is 0.234. The van der Waals surface area contributed by atoms with Crippen molar-refractivity contribution in [2.45, 2.75) is 13.1 Å². The third-order valence-electron chi connectivity index (χ3n) is 7.07. The van der Waals surface area contributed by atoms with Crippen molar-refractivity contribution in [1.29, 1.82) is 0 Å². The number of ether oxygens (including phenoxy) is 1. The number of halogens is 3. The largest absolute Gasteiger partial charge is 0.492 e. The van der Waals surface area contributed by atoms with Gasteiger partial charge in [0.25, 0.3) is 5.91 Å². The maximum Gasteiger partial charge on any atom is 0.416 e. The molecule has 2 aromatic heterocycles. The lowest BCUT2D eigenvalue weighted by molar-refractivity contribution is -0.137. The summed E-state index contributed by atoms with van der Waals surface area (Å²) in [6.07, 6.45) is -1.08. The van der Waals surface area contributed by atoms with Crippen molar-refractivity contribution in [3.63, 3.8) is 0 Å². The Labute approximate surface area is 256 Å². The monoisotopic (exact) mass is 645 g/mol. The minimum absolute atomic E-state index is 0.0892. The number of carbonyl (C=O) groups is 1. The van der Waals surface area contributed by atoms with Crippen molar-refractivity contribution in [2.75, 3.05) is 66.8 Å². The first-order chi connectivity index (χ1) is 21.2. The summed E-state index contributed by atoms with van der Waals surface area (Å²) in [4.78, 5) is 35.4. The number of aryl methyl sites for hydroxylation is 1. The number of amides is 1. The Morgan fingerprint density at radius 1 is 1.00 bits per heavy atom. The number of likely N-dealkylation sites (N-methyl/N-ethyl adjacent to an activating group) is 1. The van der Waals surface area contributed by atoms with E-state index in [-0.39, 0.29) is 17.0 Å². The van der Waals surface area contributed by atoms with Gasteiger partial charge in [-0.15, -0.1) is 0 Å². The van der Waals surface area contributed by atoms with Crippen molar-refractivity contribution < 1.29 is 31.1 Å². The fourth-order valence-corrected chi connectivity index (χ4v) is 5.25. The summed E-state index contributed by atoms with van der Waals surface area (Å²) in [5, 5.41) is 5.62. The molecule has 2 aromatic carbocycles. The van der Waals surface area contributed by atoms with Crippen LogP contribution in [0.2, 0.25) is 0 Å². The van der Waals surface area contributed by atoms with Crippen LogP contribution < -0.4 is 25.0 Å². The molecule has 1 amide bonds. The zero-order valence-corrected chi connectivity index (χ0v) is 25.5. The highest BCUT2D eigenvalue weighted by Crippen LogP contribution is 2.41. The minimum atomic E-state index is -4.84. The number of fused-ring (bicyclic) bond motifs is 1. The van der Waals surface area contributed by atoms with E-state index >= 15 is 0 Å². The number of hydrogen-bond donors (Lipinski definition) is 3. The lowest BCUT2D eigenvalue weighted by atomic mass is 10.1. The smallest absolute Gasteiger partial charge is 0.416 e. The molecule has 1 fully saturated rings. The van der Waals surface area contributed by atoms with Gasteiger partial charge < -0.3 is 25.2 Å². The van der Waals surface area contributed by atoms with Gasteiger partial charge in [-0.2, -0.15) is 13.2 Å². The van der Waals surface area contributed by atoms with Gasteiger partial charge in [0, 0.05) is 37.4 Å². The molecule has 0 aliphatic carbocycles. The average molecular weight is 646 g/mol. The molecule has 13 nitrogen and oxygen atoms in total. The number of nitrogens with zero attached hydrogens (tertiary/aromatic N) is 6. The fourth-order valence-electron chi connectivity index (χ4n) is 4.70. The number of rotatable bonds is 8. The number of sulfonamides is 1. The molecule has 238 valence electrons. The molecule has 0 bridgehead atoms. The molecule has 1 saturated heterocycles. The summed E-state index contributed by atoms with van der Waals surface area (Å²) in [6.45, 7) is 5.06. The lowest BCUT2D eigenvalue weighted by Crippen LogP contribution is -2.45. The first kappa shape index (κ1) is 31.6. The summed E-state index contributed by atoms with van der Waals surface area (Å²) < 4.78 is 71.9. The van der Waals surface area contributed by atoms with Crippen molar-refractivity contribution in [3.8, 4) is 5.75 Å². The van der Waals surface area contributed by atoms with Gasteiger partial charge in [-0.3, -0.25) is 9.52 Å². The molecule has 17 heteroatoms. The van der Waals surface area contributed by atoms with Gasteiger partial charge >= 0.3 is 6.18 Å². The van der Waals surface area contributed by atoms with E-state index in [9.17, 15) is 26.4 Å². The van der Waals surface area contributed by atoms with Gasteiger partial charge in [0.05, 0.1) is 36.5 Å². The number of piperazine rings is 1. The number of anilines is 5. The number of aromatic nitrogens is 4. The van der Waals surface area contributed by atoms with Crippen LogP contribution in [0.1, 0.15) is 21.5 Å². The summed E-state index contributed by atoms with van der Waals surface area (Å²) >= 11 is 0. The lowest BCUT2D eigenvalue weighted by Gasteiger charge is -2.32. The molecule has 45 heavy (non-hydrogen) atoms. The Kier molecular flexibility index (Phi) is 8.66. The van der Waals surface area contributed by atoms with E-state index in [0.29, 0.717) is 40.6 Å². The van der Waals surface area contributed by atoms with Gasteiger partial charge in [0.1, 0.15) is 17.4 Å². The second-order valence-corrected chi connectivity index (χ2v) is 12.3. The molecule has 3 N–H and O–H groups in total. The quantitative estimate of drug-likeness (QED) is 0.256. The van der Waals surface area contributed by atoms with Gasteiger partial charge in [0.15, 0.2) is 11.6 Å². The van der Waals surface area contributed by atoms with Crippen LogP contribution in [0.4, 0.5) is 42.0 Å². The molecule has 1 aliphatic heterocycles. The SMILES string of the molecule is COc1c(NC(=O)c2ccc(C)c(Nc3ncnc4cnc(N5CCN(C)CC5)nc34)c2)cc(C(F)(F)F)cc1NS(C)(=O)=O. The zero-order chi connectivity index (χ0) is 32.5. The number of benzene rings is 2. The van der Waals surface area contributed by atoms with Crippen LogP contribution in [0.25, 0.3) is 11.0 Å². The molecule has 1 aliphatic rings. The highest BCUT2D eigenvalue weighted by atomic mass is 32.2. The average Bonchev–Trinajstić information content (AvgIpc) is 2.97. The normalized spacial score (nSPS) is 14.3. The summed E-state index contributed by atoms with van der Waals surface area (Å²) in [6, 6.07) is 5.93. The highest BCUT2D eigenvalue weighted by Gasteiger charge is 2.33. The molecule has 4 aromatic rings. The van der Waals surface area contributed by atoms with E-state index in [2.05, 4.69) is 42.4 Å². The number of hydrogen-bond acceptors (Lipinski definition) is 11. The molecule has 0 spiro atoms. The first-order valence-electron chi connectivity index (χ1n) is 13.6. The van der Waals surface area contributed by atoms with Crippen LogP contribution in [0, 0.1) is 6.92 Å². The fraction of sp³-hybridized carbons (Fsp3) is 0.321. The Hall–Kier alpha value is -4.77. The molecular weight excluding hydrogens is 615 g/mol. The van der Waals surface area contributed by atoms with E-state index in [1.807, 2.05) is 4.72 Å². The molecular formula is C28H30F3N9O4S. The molecule has 0 unspecified atom stereocenters. The van der Waals surface area contributed by atoms with Gasteiger partial charge in [-0.05, 0) is 43.8 Å². The van der Waals surface area contributed by atoms with Gasteiger partial charge in [-0.1, -0.05) is 6.07 Å². The Morgan fingerprint density at radius 3 is 2.38 bits per heavy atom. The van der Waals surface area contributed by atoms with E-state index in [1.165, 1.54) is 18.5 Å². The Morgan fingerprint density at radius 2 is 1.71 bits per heavy atom. The molecule has 0 atom stereocenters. The second-order valence-electron chi connectivity index (χ2n) is 10.5. The van der Waals surface area contributed by atoms with Crippen LogP contribution in [0.5, 0.6) is 5.75 Å². The molecule has 5 rings (SSSR count). The third kappa shape index (κ3) is 7.31. The maximum atomic E-state index is 13.7. The molecule has 0 radical (unpaired) electrons. The topological polar surface area (TPSA) is 155 Å². The van der Waals surface area contributed by atoms with Crippen molar-refractivity contribution in [1.82, 2.24) is 24.8 Å². The highest BCUT2D eigenvalue weighted by molar-refractivity contribution is 7.92. The number of nitrogens with one attached hydrogen (secondary N) is 3. The van der Waals surface area contributed by atoms with Crippen LogP contribution in [-0.4, -0.2) is 85.8 Å². The number of carbonyl (C=O) groups excluding carboxylic acids is 1. The zero-order valence-electron chi connectivity index (χ0n) is 24.7. The molecule has 0 saturated carbocycles. The Balaban J connectivity index is 1.46. The van der Waals surface area contributed by atoms with Crippen LogP contribution >= 0.6 is 0 Å². The standard InChI is InChI=1S/C28H30F3N9O4S/c1-16-5-6-17(26(41)36-20-12-18(28(29,30)31)13-21(24(20)44-3)38-45(4,42)43)11-19(16)35-25-23-22(33-15-34-25)14-32-27(37-23)40-9-7-39(2)8-10-40/h5-6,11-15,38H,7-10H2,1-4H3,(H,36,41)(H,33,34,35). The minimum Gasteiger partial charge on any atom is -0.492 e. The Bertz CT molecular complexity index is 1860. The summed E-state index contributed by atoms with van der Waals surface area (Å²) in [7, 11) is -0.785. The van der Waals surface area contributed by atoms with Crippen molar-refractivity contribution in [2.24, 2.45) is 0 Å². The van der Waals surface area contributed by atoms with E-state index < -0.39 is 33.4 Å². The van der Waals surface area contributed by atoms with Crippen LogP contribution in [0.3, 0.4) is 0 Å². The predicted molar refractivity (Wildman–Crippen MR) is 164 cm³/mol. The van der Waals surface area contributed by atoms with Crippen LogP contribution in [0.15, 0.2) is 42.9 Å². The van der Waals surface area contributed by atoms with Gasteiger partial charge in [0.2, 0.25) is 16.0 Å². The second kappa shape index (κ2) is 12.3. The predicted octanol–water partition coefficient (Wildman–Crippen LogP) is 3.87. The number of methoxy groups -OCH3 is 1. The van der Waals surface area contributed by atoms with Crippen LogP contribution in [-0.2, 0) is 16.2 Å². The maximum absolute atomic E-state index is 13.7. The van der Waals surface area contributed by atoms with E-state index in [4.69, 9.17) is 9.72 Å². The van der Waals surface area contributed by atoms with E-state index in [0.717, 1.165) is 45.1 Å². The van der Waals surface area contributed by atoms with E-state index in [1.54, 1.807) is 19.2 Å².